The lowest BCUT2D eigenvalue weighted by molar-refractivity contribution is 0.102. The van der Waals surface area contributed by atoms with Crippen LogP contribution in [0.4, 0.5) is 5.69 Å². The molecule has 0 aliphatic rings. The summed E-state index contributed by atoms with van der Waals surface area (Å²) in [5.74, 6) is -0.275. The minimum Gasteiger partial charge on any atom is -0.320 e. The molecule has 19 heavy (non-hydrogen) atoms. The molecule has 0 bridgehead atoms. The Hall–Kier alpha value is -2.19. The molecule has 1 aromatic heterocycles. The van der Waals surface area contributed by atoms with E-state index in [1.165, 1.54) is 0 Å². The number of nitrogens with zero attached hydrogens (tertiary/aromatic N) is 2. The summed E-state index contributed by atoms with van der Waals surface area (Å²) in [4.78, 5) is 16.1. The van der Waals surface area contributed by atoms with E-state index in [4.69, 9.17) is 5.26 Å². The zero-order chi connectivity index (χ0) is 13.8. The van der Waals surface area contributed by atoms with E-state index in [1.54, 1.807) is 30.5 Å². The van der Waals surface area contributed by atoms with Crippen LogP contribution in [0.1, 0.15) is 21.6 Å². The summed E-state index contributed by atoms with van der Waals surface area (Å²) >= 11 is 3.32. The van der Waals surface area contributed by atoms with Crippen molar-refractivity contribution in [3.8, 4) is 6.07 Å². The van der Waals surface area contributed by atoms with Crippen molar-refractivity contribution < 1.29 is 4.79 Å². The van der Waals surface area contributed by atoms with Gasteiger partial charge in [-0.05, 0) is 52.7 Å². The van der Waals surface area contributed by atoms with E-state index in [9.17, 15) is 4.79 Å². The van der Waals surface area contributed by atoms with Crippen LogP contribution in [0.15, 0.2) is 41.0 Å². The predicted molar refractivity (Wildman–Crippen MR) is 75.8 cm³/mol. The summed E-state index contributed by atoms with van der Waals surface area (Å²) in [7, 11) is 0. The molecule has 0 spiro atoms. The molecular weight excluding hydrogens is 306 g/mol. The molecule has 1 amide bonds. The number of carbonyl (C=O) groups is 1. The molecule has 4 nitrogen and oxygen atoms in total. The SMILES string of the molecule is Cc1cccnc1C(=O)Nc1ccc(C#N)cc1Br. The van der Waals surface area contributed by atoms with Gasteiger partial charge in [-0.3, -0.25) is 9.78 Å². The highest BCUT2D eigenvalue weighted by molar-refractivity contribution is 9.10. The number of anilines is 1. The fourth-order valence-corrected chi connectivity index (χ4v) is 2.07. The minimum atomic E-state index is -0.275. The Bertz CT molecular complexity index is 677. The third-order valence-corrected chi connectivity index (χ3v) is 3.23. The van der Waals surface area contributed by atoms with Crippen molar-refractivity contribution in [2.45, 2.75) is 6.92 Å². The number of benzene rings is 1. The number of nitrogens with one attached hydrogen (secondary N) is 1. The molecule has 94 valence electrons. The van der Waals surface area contributed by atoms with Gasteiger partial charge in [0.25, 0.3) is 5.91 Å². The van der Waals surface area contributed by atoms with Gasteiger partial charge < -0.3 is 5.32 Å². The molecule has 1 aromatic carbocycles. The summed E-state index contributed by atoms with van der Waals surface area (Å²) in [6.45, 7) is 1.83. The lowest BCUT2D eigenvalue weighted by Crippen LogP contribution is -2.15. The number of hydrogen-bond acceptors (Lipinski definition) is 3. The van der Waals surface area contributed by atoms with E-state index in [-0.39, 0.29) is 5.91 Å². The molecule has 5 heteroatoms. The number of rotatable bonds is 2. The van der Waals surface area contributed by atoms with Crippen LogP contribution in [-0.4, -0.2) is 10.9 Å². The van der Waals surface area contributed by atoms with E-state index in [1.807, 2.05) is 19.1 Å². The Balaban J connectivity index is 2.25. The number of amides is 1. The van der Waals surface area contributed by atoms with Gasteiger partial charge in [0.2, 0.25) is 0 Å². The number of aromatic nitrogens is 1. The second-order valence-corrected chi connectivity index (χ2v) is 4.78. The maximum absolute atomic E-state index is 12.1. The van der Waals surface area contributed by atoms with Crippen molar-refractivity contribution in [3.63, 3.8) is 0 Å². The molecule has 2 rings (SSSR count). The molecule has 0 atom stereocenters. The lowest BCUT2D eigenvalue weighted by atomic mass is 10.2. The number of hydrogen-bond donors (Lipinski definition) is 1. The maximum Gasteiger partial charge on any atom is 0.274 e. The molecule has 0 unspecified atom stereocenters. The number of pyridine rings is 1. The van der Waals surface area contributed by atoms with Crippen molar-refractivity contribution >= 4 is 27.5 Å². The third-order valence-electron chi connectivity index (χ3n) is 2.57. The van der Waals surface area contributed by atoms with Crippen LogP contribution in [0.2, 0.25) is 0 Å². The molecule has 0 radical (unpaired) electrons. The van der Waals surface area contributed by atoms with Crippen LogP contribution in [0.5, 0.6) is 0 Å². The van der Waals surface area contributed by atoms with Crippen molar-refractivity contribution in [2.75, 3.05) is 5.32 Å². The Morgan fingerprint density at radius 1 is 1.42 bits per heavy atom. The normalized spacial score (nSPS) is 9.74. The quantitative estimate of drug-likeness (QED) is 0.924. The minimum absolute atomic E-state index is 0.275. The number of nitriles is 1. The van der Waals surface area contributed by atoms with E-state index < -0.39 is 0 Å². The third kappa shape index (κ3) is 2.98. The first-order valence-electron chi connectivity index (χ1n) is 5.54. The monoisotopic (exact) mass is 315 g/mol. The van der Waals surface area contributed by atoms with Crippen LogP contribution < -0.4 is 5.32 Å². The van der Waals surface area contributed by atoms with Crippen LogP contribution in [0, 0.1) is 18.3 Å². The molecule has 1 heterocycles. The summed E-state index contributed by atoms with van der Waals surface area (Å²) < 4.78 is 0.661. The zero-order valence-electron chi connectivity index (χ0n) is 10.1. The summed E-state index contributed by atoms with van der Waals surface area (Å²) in [5.41, 5.74) is 2.33. The first-order chi connectivity index (χ1) is 9.11. The van der Waals surface area contributed by atoms with Gasteiger partial charge in [-0.2, -0.15) is 5.26 Å². The highest BCUT2D eigenvalue weighted by Crippen LogP contribution is 2.24. The number of carbonyl (C=O) groups excluding carboxylic acids is 1. The van der Waals surface area contributed by atoms with Crippen LogP contribution >= 0.6 is 15.9 Å². The lowest BCUT2D eigenvalue weighted by Gasteiger charge is -2.08. The fourth-order valence-electron chi connectivity index (χ4n) is 1.59. The Morgan fingerprint density at radius 2 is 2.21 bits per heavy atom. The Kier molecular flexibility index (Phi) is 3.93. The van der Waals surface area contributed by atoms with E-state index in [0.717, 1.165) is 5.56 Å². The highest BCUT2D eigenvalue weighted by atomic mass is 79.9. The van der Waals surface area contributed by atoms with Gasteiger partial charge >= 0.3 is 0 Å². The topological polar surface area (TPSA) is 65.8 Å². The Labute approximate surface area is 119 Å². The van der Waals surface area contributed by atoms with Gasteiger partial charge in [-0.15, -0.1) is 0 Å². The van der Waals surface area contributed by atoms with Gasteiger partial charge in [-0.25, -0.2) is 0 Å². The van der Waals surface area contributed by atoms with Gasteiger partial charge in [-0.1, -0.05) is 6.07 Å². The fraction of sp³-hybridized carbons (Fsp3) is 0.0714. The highest BCUT2D eigenvalue weighted by Gasteiger charge is 2.12. The second kappa shape index (κ2) is 5.63. The largest absolute Gasteiger partial charge is 0.320 e. The zero-order valence-corrected chi connectivity index (χ0v) is 11.7. The molecule has 2 aromatic rings. The number of halogens is 1. The first-order valence-corrected chi connectivity index (χ1v) is 6.33. The van der Waals surface area contributed by atoms with Gasteiger partial charge in [0.05, 0.1) is 17.3 Å². The standard InChI is InChI=1S/C14H10BrN3O/c1-9-3-2-6-17-13(9)14(19)18-12-5-4-10(8-16)7-11(12)15/h2-7H,1H3,(H,18,19). The van der Waals surface area contributed by atoms with Crippen LogP contribution in [0.25, 0.3) is 0 Å². The second-order valence-electron chi connectivity index (χ2n) is 3.93. The van der Waals surface area contributed by atoms with Gasteiger partial charge in [0.1, 0.15) is 5.69 Å². The molecule has 0 aliphatic heterocycles. The summed E-state index contributed by atoms with van der Waals surface area (Å²) in [5, 5.41) is 11.5. The van der Waals surface area contributed by atoms with Crippen molar-refractivity contribution in [1.82, 2.24) is 4.98 Å². The molecule has 1 N–H and O–H groups in total. The van der Waals surface area contributed by atoms with E-state index in [2.05, 4.69) is 26.2 Å². The average molecular weight is 316 g/mol. The molecule has 0 saturated carbocycles. The Morgan fingerprint density at radius 3 is 2.84 bits per heavy atom. The number of aryl methyl sites for hydroxylation is 1. The molecule has 0 saturated heterocycles. The van der Waals surface area contributed by atoms with Gasteiger partial charge in [0.15, 0.2) is 0 Å². The van der Waals surface area contributed by atoms with Crippen molar-refractivity contribution in [1.29, 1.82) is 5.26 Å². The van der Waals surface area contributed by atoms with Crippen LogP contribution in [0.3, 0.4) is 0 Å². The predicted octanol–water partition coefficient (Wildman–Crippen LogP) is 3.28. The molecule has 0 aliphatic carbocycles. The van der Waals surface area contributed by atoms with Crippen LogP contribution in [-0.2, 0) is 0 Å². The summed E-state index contributed by atoms with van der Waals surface area (Å²) in [6.07, 6.45) is 1.58. The smallest absolute Gasteiger partial charge is 0.274 e. The summed E-state index contributed by atoms with van der Waals surface area (Å²) in [6, 6.07) is 10.6. The van der Waals surface area contributed by atoms with Gasteiger partial charge in [0, 0.05) is 10.7 Å². The van der Waals surface area contributed by atoms with E-state index in [0.29, 0.717) is 21.4 Å². The average Bonchev–Trinajstić information content (AvgIpc) is 2.41. The molecular formula is C14H10BrN3O. The molecule has 0 fully saturated rings. The first kappa shape index (κ1) is 13.2. The van der Waals surface area contributed by atoms with E-state index >= 15 is 0 Å². The van der Waals surface area contributed by atoms with Crippen molar-refractivity contribution in [3.05, 3.63) is 57.8 Å². The maximum atomic E-state index is 12.1. The van der Waals surface area contributed by atoms with Crippen molar-refractivity contribution in [2.24, 2.45) is 0 Å².